The number of hydrogen-bond donors (Lipinski definition) is 2. The van der Waals surface area contributed by atoms with E-state index in [1.165, 1.54) is 24.8 Å². The largest absolute Gasteiger partial charge is 0.378 e. The van der Waals surface area contributed by atoms with Gasteiger partial charge in [0, 0.05) is 25.4 Å². The van der Waals surface area contributed by atoms with E-state index in [1.807, 2.05) is 50.2 Å². The standard InChI is InChI=1S/C22H37N3O2/c1-18-8-10-19(11-9-18)24-22(26)25(3)20-12-14-21(15-13-20)27-17-7-5-4-6-16-23-2/h8-11,20-21,23H,4-7,12-17H2,1-3H3,(H,24,26)/t20-,21-. The molecule has 0 saturated heterocycles. The van der Waals surface area contributed by atoms with Crippen molar-refractivity contribution in [2.45, 2.75) is 70.4 Å². The summed E-state index contributed by atoms with van der Waals surface area (Å²) in [7, 11) is 3.91. The zero-order valence-corrected chi connectivity index (χ0v) is 17.3. The molecule has 1 aliphatic rings. The lowest BCUT2D eigenvalue weighted by Gasteiger charge is -2.34. The number of nitrogens with one attached hydrogen (secondary N) is 2. The normalized spacial score (nSPS) is 19.7. The Hall–Kier alpha value is -1.59. The van der Waals surface area contributed by atoms with Crippen molar-refractivity contribution >= 4 is 11.7 Å². The molecule has 5 nitrogen and oxygen atoms in total. The van der Waals surface area contributed by atoms with E-state index in [0.29, 0.717) is 12.1 Å². The molecule has 5 heteroatoms. The Morgan fingerprint density at radius 1 is 1.07 bits per heavy atom. The highest BCUT2D eigenvalue weighted by Gasteiger charge is 2.26. The van der Waals surface area contributed by atoms with Crippen LogP contribution in [0.3, 0.4) is 0 Å². The van der Waals surface area contributed by atoms with E-state index in [0.717, 1.165) is 50.9 Å². The van der Waals surface area contributed by atoms with Crippen molar-refractivity contribution in [2.24, 2.45) is 0 Å². The Kier molecular flexibility index (Phi) is 9.64. The van der Waals surface area contributed by atoms with Gasteiger partial charge in [-0.2, -0.15) is 0 Å². The molecular weight excluding hydrogens is 338 g/mol. The van der Waals surface area contributed by atoms with E-state index < -0.39 is 0 Å². The summed E-state index contributed by atoms with van der Waals surface area (Å²) < 4.78 is 6.05. The molecule has 27 heavy (non-hydrogen) atoms. The number of urea groups is 1. The molecule has 1 fully saturated rings. The third kappa shape index (κ3) is 7.89. The predicted octanol–water partition coefficient (Wildman–Crippen LogP) is 4.57. The van der Waals surface area contributed by atoms with Gasteiger partial charge in [0.2, 0.25) is 0 Å². The Labute approximate surface area is 164 Å². The molecule has 152 valence electrons. The number of unbranched alkanes of at least 4 members (excludes halogenated alkanes) is 3. The summed E-state index contributed by atoms with van der Waals surface area (Å²) in [5.41, 5.74) is 2.04. The fourth-order valence-corrected chi connectivity index (χ4v) is 3.62. The molecule has 2 rings (SSSR count). The Balaban J connectivity index is 1.61. The molecule has 0 atom stereocenters. The molecule has 0 aromatic heterocycles. The SMILES string of the molecule is CNCCCCCCO[C@H]1CC[C@H](N(C)C(=O)Nc2ccc(C)cc2)CC1. The van der Waals surface area contributed by atoms with E-state index in [4.69, 9.17) is 4.74 Å². The number of anilines is 1. The van der Waals surface area contributed by atoms with Crippen molar-refractivity contribution in [3.05, 3.63) is 29.8 Å². The van der Waals surface area contributed by atoms with Crippen molar-refractivity contribution in [2.75, 3.05) is 32.6 Å². The van der Waals surface area contributed by atoms with E-state index >= 15 is 0 Å². The van der Waals surface area contributed by atoms with Gasteiger partial charge in [-0.05, 0) is 71.2 Å². The van der Waals surface area contributed by atoms with Crippen LogP contribution in [0.4, 0.5) is 10.5 Å². The summed E-state index contributed by atoms with van der Waals surface area (Å²) in [6.45, 7) is 4.02. The van der Waals surface area contributed by atoms with Gasteiger partial charge in [-0.15, -0.1) is 0 Å². The van der Waals surface area contributed by atoms with Gasteiger partial charge >= 0.3 is 6.03 Å². The van der Waals surface area contributed by atoms with Gasteiger partial charge in [0.1, 0.15) is 0 Å². The van der Waals surface area contributed by atoms with Crippen LogP contribution in [0.15, 0.2) is 24.3 Å². The Bertz CT molecular complexity index is 539. The highest BCUT2D eigenvalue weighted by molar-refractivity contribution is 5.89. The minimum atomic E-state index is -0.0233. The molecular formula is C22H37N3O2. The highest BCUT2D eigenvalue weighted by Crippen LogP contribution is 2.25. The number of rotatable bonds is 10. The zero-order chi connectivity index (χ0) is 19.5. The second-order valence-corrected chi connectivity index (χ2v) is 7.73. The molecule has 1 aliphatic carbocycles. The monoisotopic (exact) mass is 375 g/mol. The smallest absolute Gasteiger partial charge is 0.321 e. The van der Waals surface area contributed by atoms with E-state index in [-0.39, 0.29) is 6.03 Å². The molecule has 0 radical (unpaired) electrons. The number of ether oxygens (including phenoxy) is 1. The lowest BCUT2D eigenvalue weighted by atomic mass is 9.92. The molecule has 0 heterocycles. The van der Waals surface area contributed by atoms with Gasteiger partial charge in [-0.3, -0.25) is 0 Å². The van der Waals surface area contributed by atoms with Crippen LogP contribution in [-0.4, -0.2) is 50.3 Å². The Morgan fingerprint density at radius 3 is 2.41 bits per heavy atom. The first-order valence-corrected chi connectivity index (χ1v) is 10.5. The first-order valence-electron chi connectivity index (χ1n) is 10.5. The van der Waals surface area contributed by atoms with Gasteiger partial charge in [0.15, 0.2) is 0 Å². The summed E-state index contributed by atoms with van der Waals surface area (Å²) in [6.07, 6.45) is 9.43. The summed E-state index contributed by atoms with van der Waals surface area (Å²) >= 11 is 0. The lowest BCUT2D eigenvalue weighted by molar-refractivity contribution is 0.0131. The maximum atomic E-state index is 12.5. The van der Waals surface area contributed by atoms with Gasteiger partial charge in [-0.1, -0.05) is 30.5 Å². The van der Waals surface area contributed by atoms with Crippen LogP contribution in [0.1, 0.15) is 56.9 Å². The van der Waals surface area contributed by atoms with Gasteiger partial charge in [0.05, 0.1) is 6.10 Å². The van der Waals surface area contributed by atoms with E-state index in [1.54, 1.807) is 0 Å². The number of carbonyl (C=O) groups is 1. The van der Waals surface area contributed by atoms with Gasteiger partial charge in [-0.25, -0.2) is 4.79 Å². The molecule has 0 aliphatic heterocycles. The third-order valence-corrected chi connectivity index (χ3v) is 5.49. The van der Waals surface area contributed by atoms with Crippen molar-refractivity contribution in [3.8, 4) is 0 Å². The zero-order valence-electron chi connectivity index (χ0n) is 17.3. The summed E-state index contributed by atoms with van der Waals surface area (Å²) in [6, 6.07) is 8.20. The molecule has 2 amide bonds. The fourth-order valence-electron chi connectivity index (χ4n) is 3.62. The topological polar surface area (TPSA) is 53.6 Å². The van der Waals surface area contributed by atoms with Crippen molar-refractivity contribution in [3.63, 3.8) is 0 Å². The van der Waals surface area contributed by atoms with Gasteiger partial charge in [0.25, 0.3) is 0 Å². The van der Waals surface area contributed by atoms with Crippen LogP contribution in [0.5, 0.6) is 0 Å². The summed E-state index contributed by atoms with van der Waals surface area (Å²) in [5, 5.41) is 6.17. The summed E-state index contributed by atoms with van der Waals surface area (Å²) in [4.78, 5) is 14.3. The third-order valence-electron chi connectivity index (χ3n) is 5.49. The molecule has 0 bridgehead atoms. The van der Waals surface area contributed by atoms with Crippen LogP contribution in [0, 0.1) is 6.92 Å². The van der Waals surface area contributed by atoms with E-state index in [9.17, 15) is 4.79 Å². The average molecular weight is 376 g/mol. The maximum absolute atomic E-state index is 12.5. The Morgan fingerprint density at radius 2 is 1.74 bits per heavy atom. The minimum Gasteiger partial charge on any atom is -0.378 e. The van der Waals surface area contributed by atoms with Crippen LogP contribution >= 0.6 is 0 Å². The second kappa shape index (κ2) is 12.0. The molecule has 1 aromatic carbocycles. The van der Waals surface area contributed by atoms with Gasteiger partial charge < -0.3 is 20.3 Å². The van der Waals surface area contributed by atoms with Crippen LogP contribution in [-0.2, 0) is 4.74 Å². The molecule has 1 saturated carbocycles. The minimum absolute atomic E-state index is 0.0233. The molecule has 0 unspecified atom stereocenters. The quantitative estimate of drug-likeness (QED) is 0.589. The first-order chi connectivity index (χ1) is 13.1. The molecule has 2 N–H and O–H groups in total. The predicted molar refractivity (Wildman–Crippen MR) is 112 cm³/mol. The number of carbonyl (C=O) groups excluding carboxylic acids is 1. The number of benzene rings is 1. The lowest BCUT2D eigenvalue weighted by Crippen LogP contribution is -2.42. The number of amides is 2. The van der Waals surface area contributed by atoms with Crippen LogP contribution in [0.2, 0.25) is 0 Å². The van der Waals surface area contributed by atoms with Crippen molar-refractivity contribution in [1.29, 1.82) is 0 Å². The fraction of sp³-hybridized carbons (Fsp3) is 0.682. The van der Waals surface area contributed by atoms with Crippen LogP contribution in [0.25, 0.3) is 0 Å². The first kappa shape index (κ1) is 21.7. The van der Waals surface area contributed by atoms with Crippen LogP contribution < -0.4 is 10.6 Å². The second-order valence-electron chi connectivity index (χ2n) is 7.73. The number of hydrogen-bond acceptors (Lipinski definition) is 3. The summed E-state index contributed by atoms with van der Waals surface area (Å²) in [5.74, 6) is 0. The van der Waals surface area contributed by atoms with E-state index in [2.05, 4.69) is 10.6 Å². The average Bonchev–Trinajstić information content (AvgIpc) is 2.69. The van der Waals surface area contributed by atoms with Crippen molar-refractivity contribution < 1.29 is 9.53 Å². The van der Waals surface area contributed by atoms with Crippen molar-refractivity contribution in [1.82, 2.24) is 10.2 Å². The number of nitrogens with zero attached hydrogens (tertiary/aromatic N) is 1. The maximum Gasteiger partial charge on any atom is 0.321 e. The number of aryl methyl sites for hydroxylation is 1. The molecule has 1 aromatic rings. The molecule has 0 spiro atoms. The highest BCUT2D eigenvalue weighted by atomic mass is 16.5.